The van der Waals surface area contributed by atoms with E-state index in [1.807, 2.05) is 0 Å². The van der Waals surface area contributed by atoms with Crippen molar-refractivity contribution >= 4 is 45.9 Å². The van der Waals surface area contributed by atoms with Crippen LogP contribution in [0, 0.1) is 0 Å². The molecule has 0 amide bonds. The van der Waals surface area contributed by atoms with Crippen molar-refractivity contribution in [3.63, 3.8) is 0 Å². The van der Waals surface area contributed by atoms with Gasteiger partial charge in [0.25, 0.3) is 0 Å². The van der Waals surface area contributed by atoms with Gasteiger partial charge in [-0.3, -0.25) is 9.59 Å². The van der Waals surface area contributed by atoms with E-state index in [0.717, 1.165) is 12.6 Å². The number of hydrogen-bond acceptors (Lipinski definition) is 3. The minimum Gasteiger partial charge on any atom is -0.298 e. The van der Waals surface area contributed by atoms with E-state index in [1.54, 1.807) is 22.6 Å². The summed E-state index contributed by atoms with van der Waals surface area (Å²) >= 11 is 1.47. The highest BCUT2D eigenvalue weighted by atomic mass is 32.2. The van der Waals surface area contributed by atoms with Gasteiger partial charge in [0.2, 0.25) is 0 Å². The van der Waals surface area contributed by atoms with Crippen LogP contribution in [0.1, 0.15) is 24.0 Å². The summed E-state index contributed by atoms with van der Waals surface area (Å²) in [6.07, 6.45) is 8.35. The molecule has 0 bridgehead atoms. The van der Waals surface area contributed by atoms with Crippen molar-refractivity contribution in [1.82, 2.24) is 0 Å². The number of fused-ring (bicyclic) bond motifs is 5. The third kappa shape index (κ3) is 3.81. The molecule has 0 spiro atoms. The Kier molecular flexibility index (Phi) is 5.73. The van der Waals surface area contributed by atoms with E-state index >= 15 is 0 Å². The standard InChI is InChI=1S/C18H16.C7H6O2S/c1-3-7-15-13(5-1)9-11-18-16-8-4-2-6-14(16)10-12-17(15)18;8-2-6-1-7(3-9)5-10-4-6/h1,3,5,7,9-12H,2,4,6,8H2;1-4H,5H2. The van der Waals surface area contributed by atoms with Crippen molar-refractivity contribution in [2.24, 2.45) is 0 Å². The molecule has 0 aromatic heterocycles. The van der Waals surface area contributed by atoms with E-state index in [0.29, 0.717) is 16.9 Å². The fourth-order valence-corrected chi connectivity index (χ4v) is 4.74. The van der Waals surface area contributed by atoms with Crippen molar-refractivity contribution in [2.45, 2.75) is 25.7 Å². The van der Waals surface area contributed by atoms with Gasteiger partial charge in [-0.1, -0.05) is 48.5 Å². The number of carbonyl (C=O) groups is 2. The molecule has 140 valence electrons. The first kappa shape index (κ1) is 18.7. The molecule has 1 aliphatic carbocycles. The molecule has 0 saturated carbocycles. The first-order valence-corrected chi connectivity index (χ1v) is 10.7. The van der Waals surface area contributed by atoms with E-state index in [2.05, 4.69) is 48.5 Å². The zero-order valence-corrected chi connectivity index (χ0v) is 16.5. The highest BCUT2D eigenvalue weighted by Gasteiger charge is 2.13. The average Bonchev–Trinajstić information content (AvgIpc) is 2.79. The Balaban J connectivity index is 0.000000165. The van der Waals surface area contributed by atoms with Crippen LogP contribution in [0.15, 0.2) is 71.2 Å². The molecule has 3 aromatic rings. The lowest BCUT2D eigenvalue weighted by atomic mass is 9.86. The summed E-state index contributed by atoms with van der Waals surface area (Å²) in [6, 6.07) is 18.0. The first-order valence-electron chi connectivity index (χ1n) is 9.65. The molecule has 1 aliphatic heterocycles. The zero-order chi connectivity index (χ0) is 19.3. The molecule has 3 heteroatoms. The van der Waals surface area contributed by atoms with Crippen molar-refractivity contribution in [3.05, 3.63) is 82.3 Å². The molecular weight excluding hydrogens is 364 g/mol. The van der Waals surface area contributed by atoms with Gasteiger partial charge >= 0.3 is 0 Å². The number of rotatable bonds is 2. The van der Waals surface area contributed by atoms with E-state index in [9.17, 15) is 9.59 Å². The normalized spacial score (nSPS) is 15.7. The molecular formula is C25H22O2S. The van der Waals surface area contributed by atoms with E-state index in [-0.39, 0.29) is 0 Å². The molecule has 0 fully saturated rings. The van der Waals surface area contributed by atoms with Gasteiger partial charge < -0.3 is 0 Å². The van der Waals surface area contributed by atoms with Crippen LogP contribution in [-0.2, 0) is 22.4 Å². The van der Waals surface area contributed by atoms with Crippen LogP contribution < -0.4 is 0 Å². The quantitative estimate of drug-likeness (QED) is 0.411. The first-order chi connectivity index (χ1) is 13.8. The van der Waals surface area contributed by atoms with E-state index < -0.39 is 0 Å². The fraction of sp³-hybridized carbons (Fsp3) is 0.200. The maximum absolute atomic E-state index is 10.2. The summed E-state index contributed by atoms with van der Waals surface area (Å²) in [5.74, 6) is 0.681. The molecule has 0 N–H and O–H groups in total. The molecule has 0 saturated heterocycles. The molecule has 5 rings (SSSR count). The molecule has 3 aromatic carbocycles. The number of benzene rings is 3. The number of thioether (sulfide) groups is 1. The Labute approximate surface area is 169 Å². The second-order valence-corrected chi connectivity index (χ2v) is 8.03. The summed E-state index contributed by atoms with van der Waals surface area (Å²) in [5, 5.41) is 7.39. The van der Waals surface area contributed by atoms with Crippen LogP contribution >= 0.6 is 11.8 Å². The number of carbonyl (C=O) groups excluding carboxylic acids is 2. The predicted molar refractivity (Wildman–Crippen MR) is 119 cm³/mol. The second kappa shape index (κ2) is 8.57. The molecule has 1 heterocycles. The van der Waals surface area contributed by atoms with Gasteiger partial charge in [-0.15, -0.1) is 11.8 Å². The predicted octanol–water partition coefficient (Wildman–Crippen LogP) is 5.81. The van der Waals surface area contributed by atoms with Gasteiger partial charge in [0.15, 0.2) is 6.29 Å². The molecule has 2 nitrogen and oxygen atoms in total. The maximum atomic E-state index is 10.2. The van der Waals surface area contributed by atoms with Crippen molar-refractivity contribution in [2.75, 3.05) is 5.75 Å². The summed E-state index contributed by atoms with van der Waals surface area (Å²) in [4.78, 5) is 20.4. The highest BCUT2D eigenvalue weighted by molar-refractivity contribution is 8.02. The van der Waals surface area contributed by atoms with Gasteiger partial charge in [0.05, 0.1) is 0 Å². The number of aryl methyl sites for hydroxylation is 2. The third-order valence-electron chi connectivity index (χ3n) is 5.37. The van der Waals surface area contributed by atoms with Gasteiger partial charge in [-0.05, 0) is 69.8 Å². The van der Waals surface area contributed by atoms with Crippen LogP contribution in [0.3, 0.4) is 0 Å². The van der Waals surface area contributed by atoms with Crippen molar-refractivity contribution in [3.8, 4) is 0 Å². The zero-order valence-electron chi connectivity index (χ0n) is 15.7. The summed E-state index contributed by atoms with van der Waals surface area (Å²) in [5.41, 5.74) is 4.43. The lowest BCUT2D eigenvalue weighted by Crippen LogP contribution is -2.02. The van der Waals surface area contributed by atoms with Crippen molar-refractivity contribution in [1.29, 1.82) is 0 Å². The van der Waals surface area contributed by atoms with E-state index in [4.69, 9.17) is 0 Å². The number of aldehydes is 2. The third-order valence-corrected chi connectivity index (χ3v) is 6.31. The monoisotopic (exact) mass is 386 g/mol. The van der Waals surface area contributed by atoms with Crippen molar-refractivity contribution < 1.29 is 9.59 Å². The van der Waals surface area contributed by atoms with Crippen LogP contribution in [0.5, 0.6) is 0 Å². The summed E-state index contributed by atoms with van der Waals surface area (Å²) < 4.78 is 0. The summed E-state index contributed by atoms with van der Waals surface area (Å²) in [7, 11) is 0. The fourth-order valence-electron chi connectivity index (χ4n) is 4.00. The topological polar surface area (TPSA) is 34.1 Å². The largest absolute Gasteiger partial charge is 0.298 e. The molecule has 0 radical (unpaired) electrons. The van der Waals surface area contributed by atoms with Gasteiger partial charge in [-0.25, -0.2) is 0 Å². The Hall–Kier alpha value is -2.65. The second-order valence-electron chi connectivity index (χ2n) is 7.18. The van der Waals surface area contributed by atoms with Gasteiger partial charge in [0, 0.05) is 16.9 Å². The molecule has 28 heavy (non-hydrogen) atoms. The SMILES string of the molecule is O=CC1=CSCC(C=O)=C1.c1ccc2c(c1)ccc1c3c(ccc12)CCCC3. The Morgan fingerprint density at radius 3 is 2.46 bits per heavy atom. The van der Waals surface area contributed by atoms with Crippen LogP contribution in [0.4, 0.5) is 0 Å². The van der Waals surface area contributed by atoms with Crippen LogP contribution in [0.25, 0.3) is 21.5 Å². The molecule has 0 unspecified atom stereocenters. The smallest absolute Gasteiger partial charge is 0.150 e. The average molecular weight is 387 g/mol. The lowest BCUT2D eigenvalue weighted by Gasteiger charge is -2.18. The highest BCUT2D eigenvalue weighted by Crippen LogP contribution is 2.33. The maximum Gasteiger partial charge on any atom is 0.150 e. The number of hydrogen-bond donors (Lipinski definition) is 0. The minimum atomic E-state index is 0.582. The summed E-state index contributed by atoms with van der Waals surface area (Å²) in [6.45, 7) is 0. The van der Waals surface area contributed by atoms with Crippen LogP contribution in [0.2, 0.25) is 0 Å². The Morgan fingerprint density at radius 1 is 0.786 bits per heavy atom. The Morgan fingerprint density at radius 2 is 1.61 bits per heavy atom. The molecule has 0 atom stereocenters. The molecule has 2 aliphatic rings. The van der Waals surface area contributed by atoms with E-state index in [1.165, 1.54) is 59.0 Å². The van der Waals surface area contributed by atoms with Crippen LogP contribution in [-0.4, -0.2) is 18.3 Å². The minimum absolute atomic E-state index is 0.582. The number of allylic oxidation sites excluding steroid dienone is 2. The lowest BCUT2D eigenvalue weighted by molar-refractivity contribution is -0.105. The van der Waals surface area contributed by atoms with Gasteiger partial charge in [0.1, 0.15) is 6.29 Å². The van der Waals surface area contributed by atoms with Gasteiger partial charge in [-0.2, -0.15) is 0 Å². The Bertz CT molecular complexity index is 1110.